The Kier molecular flexibility index (Phi) is 3.15. The second-order valence-electron chi connectivity index (χ2n) is 3.88. The molecule has 2 rings (SSSR count). The molecule has 0 aliphatic rings. The third-order valence-corrected chi connectivity index (χ3v) is 3.30. The van der Waals surface area contributed by atoms with E-state index in [2.05, 4.69) is 53.0 Å². The number of rotatable bonds is 3. The molecule has 0 spiro atoms. The third-order valence-electron chi connectivity index (χ3n) is 2.81. The van der Waals surface area contributed by atoms with Gasteiger partial charge in [-0.1, -0.05) is 42.3 Å². The summed E-state index contributed by atoms with van der Waals surface area (Å²) in [6.07, 6.45) is 3.45. The van der Waals surface area contributed by atoms with Crippen LogP contribution in [-0.4, -0.2) is 4.98 Å². The van der Waals surface area contributed by atoms with Crippen molar-refractivity contribution in [3.8, 4) is 0 Å². The number of nitrogens with one attached hydrogen (secondary N) is 1. The van der Waals surface area contributed by atoms with E-state index >= 15 is 0 Å². The minimum Gasteiger partial charge on any atom is -0.358 e. The molecule has 2 aromatic rings. The van der Waals surface area contributed by atoms with Crippen LogP contribution in [0.2, 0.25) is 0 Å². The Morgan fingerprint density at radius 2 is 2.07 bits per heavy atom. The number of hydrogen-bond acceptors (Lipinski definition) is 0. The van der Waals surface area contributed by atoms with E-state index in [4.69, 9.17) is 0 Å². The van der Waals surface area contributed by atoms with E-state index in [1.54, 1.807) is 0 Å². The van der Waals surface area contributed by atoms with Crippen molar-refractivity contribution in [1.29, 1.82) is 0 Å². The number of fused-ring (bicyclic) bond motifs is 1. The van der Waals surface area contributed by atoms with Crippen LogP contribution >= 0.6 is 15.9 Å². The highest BCUT2D eigenvalue weighted by Gasteiger charge is 2.08. The van der Waals surface area contributed by atoms with Crippen LogP contribution in [0.1, 0.15) is 31.5 Å². The molecule has 0 aliphatic carbocycles. The van der Waals surface area contributed by atoms with Crippen LogP contribution in [0.5, 0.6) is 0 Å². The summed E-state index contributed by atoms with van der Waals surface area (Å²) in [4.78, 5) is 3.53. The molecule has 0 unspecified atom stereocenters. The Balaban J connectivity index is 2.62. The summed E-state index contributed by atoms with van der Waals surface area (Å²) in [5.41, 5.74) is 4.15. The van der Waals surface area contributed by atoms with Crippen LogP contribution < -0.4 is 0 Å². The summed E-state index contributed by atoms with van der Waals surface area (Å²) in [7, 11) is 0. The van der Waals surface area contributed by atoms with Crippen molar-refractivity contribution >= 4 is 26.8 Å². The van der Waals surface area contributed by atoms with Crippen molar-refractivity contribution in [3.05, 3.63) is 33.9 Å². The lowest BCUT2D eigenvalue weighted by Gasteiger charge is -1.99. The normalized spacial score (nSPS) is 11.1. The lowest BCUT2D eigenvalue weighted by atomic mass is 10.1. The molecular formula is C13H16BrN. The first-order valence-electron chi connectivity index (χ1n) is 5.55. The molecule has 1 aromatic carbocycles. The van der Waals surface area contributed by atoms with E-state index in [-0.39, 0.29) is 0 Å². The zero-order chi connectivity index (χ0) is 10.8. The molecule has 1 nitrogen and oxygen atoms in total. The van der Waals surface area contributed by atoms with Crippen LogP contribution in [0.25, 0.3) is 10.9 Å². The van der Waals surface area contributed by atoms with Gasteiger partial charge in [0.25, 0.3) is 0 Å². The fourth-order valence-corrected chi connectivity index (χ4v) is 2.51. The molecule has 0 atom stereocenters. The SMILES string of the molecule is CCCc1[nH]c2cc(Br)ccc2c1CC. The number of hydrogen-bond donors (Lipinski definition) is 1. The van der Waals surface area contributed by atoms with E-state index in [0.29, 0.717) is 0 Å². The highest BCUT2D eigenvalue weighted by molar-refractivity contribution is 9.10. The number of H-pyrrole nitrogens is 1. The van der Waals surface area contributed by atoms with Gasteiger partial charge in [-0.05, 0) is 30.5 Å². The Morgan fingerprint density at radius 3 is 2.73 bits per heavy atom. The van der Waals surface area contributed by atoms with Crippen molar-refractivity contribution in [2.75, 3.05) is 0 Å². The summed E-state index contributed by atoms with van der Waals surface area (Å²) in [6, 6.07) is 6.48. The first-order chi connectivity index (χ1) is 7.26. The Bertz CT molecular complexity index is 471. The molecule has 80 valence electrons. The number of aromatic nitrogens is 1. The molecule has 2 heteroatoms. The van der Waals surface area contributed by atoms with Crippen LogP contribution in [-0.2, 0) is 12.8 Å². The number of aromatic amines is 1. The molecule has 0 radical (unpaired) electrons. The largest absolute Gasteiger partial charge is 0.358 e. The van der Waals surface area contributed by atoms with Gasteiger partial charge in [-0.15, -0.1) is 0 Å². The predicted molar refractivity (Wildman–Crippen MR) is 69.4 cm³/mol. The molecule has 15 heavy (non-hydrogen) atoms. The van der Waals surface area contributed by atoms with Gasteiger partial charge >= 0.3 is 0 Å². The zero-order valence-electron chi connectivity index (χ0n) is 9.23. The van der Waals surface area contributed by atoms with Crippen molar-refractivity contribution < 1.29 is 0 Å². The van der Waals surface area contributed by atoms with Gasteiger partial charge in [0, 0.05) is 21.1 Å². The van der Waals surface area contributed by atoms with Gasteiger partial charge in [0.15, 0.2) is 0 Å². The molecular weight excluding hydrogens is 250 g/mol. The summed E-state index contributed by atoms with van der Waals surface area (Å²) < 4.78 is 1.14. The number of halogens is 1. The average Bonchev–Trinajstić information content (AvgIpc) is 2.54. The fraction of sp³-hybridized carbons (Fsp3) is 0.385. The Hall–Kier alpha value is -0.760. The zero-order valence-corrected chi connectivity index (χ0v) is 10.8. The van der Waals surface area contributed by atoms with Gasteiger partial charge in [0.2, 0.25) is 0 Å². The quantitative estimate of drug-likeness (QED) is 0.845. The number of aryl methyl sites for hydroxylation is 2. The highest BCUT2D eigenvalue weighted by Crippen LogP contribution is 2.26. The van der Waals surface area contributed by atoms with Gasteiger partial charge in [0.1, 0.15) is 0 Å². The van der Waals surface area contributed by atoms with Crippen molar-refractivity contribution in [2.24, 2.45) is 0 Å². The molecule has 0 saturated heterocycles. The summed E-state index contributed by atoms with van der Waals surface area (Å²) in [5, 5.41) is 1.38. The smallest absolute Gasteiger partial charge is 0.0470 e. The van der Waals surface area contributed by atoms with E-state index < -0.39 is 0 Å². The van der Waals surface area contributed by atoms with E-state index in [9.17, 15) is 0 Å². The first-order valence-corrected chi connectivity index (χ1v) is 6.34. The second-order valence-corrected chi connectivity index (χ2v) is 4.79. The van der Waals surface area contributed by atoms with E-state index in [1.807, 2.05) is 0 Å². The van der Waals surface area contributed by atoms with E-state index in [1.165, 1.54) is 28.6 Å². The Labute approximate surface area is 99.0 Å². The van der Waals surface area contributed by atoms with Gasteiger partial charge in [-0.3, -0.25) is 0 Å². The minimum absolute atomic E-state index is 1.11. The second kappa shape index (κ2) is 4.40. The molecule has 1 N–H and O–H groups in total. The number of benzene rings is 1. The van der Waals surface area contributed by atoms with Crippen molar-refractivity contribution in [2.45, 2.75) is 33.1 Å². The summed E-state index contributed by atoms with van der Waals surface area (Å²) >= 11 is 3.51. The van der Waals surface area contributed by atoms with Gasteiger partial charge in [-0.2, -0.15) is 0 Å². The van der Waals surface area contributed by atoms with Crippen molar-refractivity contribution in [1.82, 2.24) is 4.98 Å². The molecule has 0 bridgehead atoms. The predicted octanol–water partition coefficient (Wildman–Crippen LogP) is 4.45. The summed E-state index contributed by atoms with van der Waals surface area (Å²) in [5.74, 6) is 0. The molecule has 0 aliphatic heterocycles. The van der Waals surface area contributed by atoms with Crippen LogP contribution in [0.3, 0.4) is 0 Å². The van der Waals surface area contributed by atoms with Gasteiger partial charge in [0.05, 0.1) is 0 Å². The molecule has 1 heterocycles. The molecule has 1 aromatic heterocycles. The standard InChI is InChI=1S/C13H16BrN/c1-3-5-12-10(4-2)11-7-6-9(14)8-13(11)15-12/h6-8,15H,3-5H2,1-2H3. The van der Waals surface area contributed by atoms with Crippen LogP contribution in [0.15, 0.2) is 22.7 Å². The monoisotopic (exact) mass is 265 g/mol. The lowest BCUT2D eigenvalue weighted by Crippen LogP contribution is -1.88. The summed E-state index contributed by atoms with van der Waals surface area (Å²) in [6.45, 7) is 4.45. The third kappa shape index (κ3) is 1.96. The van der Waals surface area contributed by atoms with Gasteiger partial charge < -0.3 is 4.98 Å². The Morgan fingerprint density at radius 1 is 1.27 bits per heavy atom. The van der Waals surface area contributed by atoms with Gasteiger partial charge in [-0.25, -0.2) is 0 Å². The van der Waals surface area contributed by atoms with Crippen LogP contribution in [0.4, 0.5) is 0 Å². The maximum Gasteiger partial charge on any atom is 0.0470 e. The maximum atomic E-state index is 3.53. The van der Waals surface area contributed by atoms with Crippen molar-refractivity contribution in [3.63, 3.8) is 0 Å². The molecule has 0 fully saturated rings. The topological polar surface area (TPSA) is 15.8 Å². The van der Waals surface area contributed by atoms with Crippen LogP contribution in [0, 0.1) is 0 Å². The fourth-order valence-electron chi connectivity index (χ4n) is 2.15. The average molecular weight is 266 g/mol. The molecule has 0 amide bonds. The lowest BCUT2D eigenvalue weighted by molar-refractivity contribution is 0.877. The molecule has 0 saturated carbocycles. The minimum atomic E-state index is 1.11. The maximum absolute atomic E-state index is 3.53. The highest BCUT2D eigenvalue weighted by atomic mass is 79.9. The van der Waals surface area contributed by atoms with E-state index in [0.717, 1.165) is 17.3 Å². The first kappa shape index (κ1) is 10.7.